The second-order valence-electron chi connectivity index (χ2n) is 5.97. The normalized spacial score (nSPS) is 15.6. The van der Waals surface area contributed by atoms with E-state index < -0.39 is 0 Å². The molecule has 1 fully saturated rings. The predicted octanol–water partition coefficient (Wildman–Crippen LogP) is 4.72. The minimum atomic E-state index is 0.579. The SMILES string of the molecule is CC(C)COc1cc(C(C)C)cc(C2CC2)c1. The highest BCUT2D eigenvalue weighted by molar-refractivity contribution is 5.39. The molecule has 0 atom stereocenters. The third-order valence-corrected chi connectivity index (χ3v) is 3.25. The summed E-state index contributed by atoms with van der Waals surface area (Å²) in [5, 5.41) is 0. The van der Waals surface area contributed by atoms with Gasteiger partial charge in [-0.05, 0) is 53.9 Å². The summed E-state index contributed by atoms with van der Waals surface area (Å²) in [4.78, 5) is 0. The lowest BCUT2D eigenvalue weighted by molar-refractivity contribution is 0.270. The van der Waals surface area contributed by atoms with E-state index in [4.69, 9.17) is 4.74 Å². The summed E-state index contributed by atoms with van der Waals surface area (Å²) in [6.45, 7) is 9.68. The van der Waals surface area contributed by atoms with Gasteiger partial charge in [-0.3, -0.25) is 0 Å². The van der Waals surface area contributed by atoms with Crippen LogP contribution in [0, 0.1) is 5.92 Å². The Bertz CT molecular complexity index is 355. The van der Waals surface area contributed by atoms with Crippen LogP contribution in [0.4, 0.5) is 0 Å². The highest BCUT2D eigenvalue weighted by atomic mass is 16.5. The van der Waals surface area contributed by atoms with Gasteiger partial charge in [-0.1, -0.05) is 33.8 Å². The van der Waals surface area contributed by atoms with Crippen molar-refractivity contribution in [2.24, 2.45) is 5.92 Å². The van der Waals surface area contributed by atoms with Crippen LogP contribution >= 0.6 is 0 Å². The maximum absolute atomic E-state index is 5.88. The first-order valence-electron chi connectivity index (χ1n) is 6.84. The molecule has 0 aromatic heterocycles. The Morgan fingerprint density at radius 3 is 2.35 bits per heavy atom. The van der Waals surface area contributed by atoms with Crippen molar-refractivity contribution in [1.82, 2.24) is 0 Å². The average Bonchev–Trinajstić information content (AvgIpc) is 3.09. The zero-order chi connectivity index (χ0) is 12.4. The molecule has 0 aliphatic heterocycles. The van der Waals surface area contributed by atoms with Gasteiger partial charge in [0.2, 0.25) is 0 Å². The van der Waals surface area contributed by atoms with E-state index in [-0.39, 0.29) is 0 Å². The van der Waals surface area contributed by atoms with E-state index >= 15 is 0 Å². The molecular weight excluding hydrogens is 208 g/mol. The summed E-state index contributed by atoms with van der Waals surface area (Å²) < 4.78 is 5.88. The Balaban J connectivity index is 2.18. The monoisotopic (exact) mass is 232 g/mol. The fraction of sp³-hybridized carbons (Fsp3) is 0.625. The Labute approximate surface area is 105 Å². The van der Waals surface area contributed by atoms with E-state index in [2.05, 4.69) is 45.9 Å². The van der Waals surface area contributed by atoms with E-state index in [0.29, 0.717) is 11.8 Å². The molecule has 1 aromatic rings. The lowest BCUT2D eigenvalue weighted by Crippen LogP contribution is -2.05. The lowest BCUT2D eigenvalue weighted by Gasteiger charge is -2.14. The predicted molar refractivity (Wildman–Crippen MR) is 72.8 cm³/mol. The molecule has 1 aromatic carbocycles. The Kier molecular flexibility index (Phi) is 3.76. The van der Waals surface area contributed by atoms with Gasteiger partial charge in [0.15, 0.2) is 0 Å². The minimum absolute atomic E-state index is 0.579. The minimum Gasteiger partial charge on any atom is -0.493 e. The third kappa shape index (κ3) is 3.49. The van der Waals surface area contributed by atoms with Crippen molar-refractivity contribution >= 4 is 0 Å². The van der Waals surface area contributed by atoms with Gasteiger partial charge in [0.25, 0.3) is 0 Å². The Morgan fingerprint density at radius 1 is 1.12 bits per heavy atom. The van der Waals surface area contributed by atoms with Crippen molar-refractivity contribution in [3.63, 3.8) is 0 Å². The quantitative estimate of drug-likeness (QED) is 0.713. The highest BCUT2D eigenvalue weighted by Crippen LogP contribution is 2.42. The van der Waals surface area contributed by atoms with Crippen LogP contribution < -0.4 is 4.74 Å². The molecule has 0 bridgehead atoms. The lowest BCUT2D eigenvalue weighted by atomic mass is 9.98. The van der Waals surface area contributed by atoms with Crippen molar-refractivity contribution in [2.75, 3.05) is 6.61 Å². The van der Waals surface area contributed by atoms with Gasteiger partial charge in [0.1, 0.15) is 5.75 Å². The largest absolute Gasteiger partial charge is 0.493 e. The third-order valence-electron chi connectivity index (χ3n) is 3.25. The van der Waals surface area contributed by atoms with Crippen LogP contribution in [0.25, 0.3) is 0 Å². The van der Waals surface area contributed by atoms with Crippen LogP contribution in [0.2, 0.25) is 0 Å². The summed E-state index contributed by atoms with van der Waals surface area (Å²) in [6.07, 6.45) is 2.70. The molecule has 2 rings (SSSR count). The molecule has 17 heavy (non-hydrogen) atoms. The number of ether oxygens (including phenoxy) is 1. The topological polar surface area (TPSA) is 9.23 Å². The molecule has 0 saturated heterocycles. The molecule has 1 aliphatic carbocycles. The van der Waals surface area contributed by atoms with Crippen LogP contribution in [0.5, 0.6) is 5.75 Å². The molecule has 0 radical (unpaired) electrons. The van der Waals surface area contributed by atoms with Crippen molar-refractivity contribution in [3.8, 4) is 5.75 Å². The fourth-order valence-electron chi connectivity index (χ4n) is 1.98. The highest BCUT2D eigenvalue weighted by Gasteiger charge is 2.24. The number of benzene rings is 1. The summed E-state index contributed by atoms with van der Waals surface area (Å²) in [5.41, 5.74) is 2.89. The first kappa shape index (κ1) is 12.5. The van der Waals surface area contributed by atoms with Crippen LogP contribution in [0.1, 0.15) is 63.5 Å². The number of hydrogen-bond donors (Lipinski definition) is 0. The molecule has 1 heteroatoms. The molecule has 0 unspecified atom stereocenters. The van der Waals surface area contributed by atoms with Gasteiger partial charge in [-0.2, -0.15) is 0 Å². The zero-order valence-electron chi connectivity index (χ0n) is 11.5. The van der Waals surface area contributed by atoms with Gasteiger partial charge < -0.3 is 4.74 Å². The molecule has 1 saturated carbocycles. The summed E-state index contributed by atoms with van der Waals surface area (Å²) >= 11 is 0. The fourth-order valence-corrected chi connectivity index (χ4v) is 1.98. The second-order valence-corrected chi connectivity index (χ2v) is 5.97. The van der Waals surface area contributed by atoms with Crippen molar-refractivity contribution in [1.29, 1.82) is 0 Å². The van der Waals surface area contributed by atoms with E-state index in [1.54, 1.807) is 0 Å². The first-order chi connectivity index (χ1) is 8.06. The summed E-state index contributed by atoms with van der Waals surface area (Å²) in [6, 6.07) is 6.81. The number of rotatable bonds is 5. The molecule has 0 amide bonds. The van der Waals surface area contributed by atoms with Gasteiger partial charge >= 0.3 is 0 Å². The van der Waals surface area contributed by atoms with Gasteiger partial charge in [0.05, 0.1) is 6.61 Å². The average molecular weight is 232 g/mol. The van der Waals surface area contributed by atoms with Gasteiger partial charge in [0, 0.05) is 0 Å². The zero-order valence-corrected chi connectivity index (χ0v) is 11.5. The van der Waals surface area contributed by atoms with Crippen molar-refractivity contribution in [3.05, 3.63) is 29.3 Å². The van der Waals surface area contributed by atoms with Crippen LogP contribution in [-0.2, 0) is 0 Å². The first-order valence-corrected chi connectivity index (χ1v) is 6.84. The maximum Gasteiger partial charge on any atom is 0.119 e. The van der Waals surface area contributed by atoms with E-state index in [9.17, 15) is 0 Å². The molecular formula is C16H24O. The Morgan fingerprint density at radius 2 is 1.82 bits per heavy atom. The van der Waals surface area contributed by atoms with E-state index in [1.807, 2.05) is 0 Å². The van der Waals surface area contributed by atoms with Crippen molar-refractivity contribution in [2.45, 2.75) is 52.4 Å². The summed E-state index contributed by atoms with van der Waals surface area (Å²) in [5.74, 6) is 3.03. The molecule has 0 N–H and O–H groups in total. The molecule has 1 nitrogen and oxygen atoms in total. The number of hydrogen-bond acceptors (Lipinski definition) is 1. The standard InChI is InChI=1S/C16H24O/c1-11(2)10-17-16-8-14(12(3)4)7-15(9-16)13-5-6-13/h7-9,11-13H,5-6,10H2,1-4H3. The molecule has 0 heterocycles. The van der Waals surface area contributed by atoms with E-state index in [0.717, 1.165) is 18.3 Å². The van der Waals surface area contributed by atoms with Crippen LogP contribution in [0.15, 0.2) is 18.2 Å². The van der Waals surface area contributed by atoms with Crippen LogP contribution in [-0.4, -0.2) is 6.61 Å². The van der Waals surface area contributed by atoms with Gasteiger partial charge in [-0.25, -0.2) is 0 Å². The summed E-state index contributed by atoms with van der Waals surface area (Å²) in [7, 11) is 0. The molecule has 94 valence electrons. The molecule has 0 spiro atoms. The smallest absolute Gasteiger partial charge is 0.119 e. The molecule has 1 aliphatic rings. The second kappa shape index (κ2) is 5.12. The van der Waals surface area contributed by atoms with Crippen molar-refractivity contribution < 1.29 is 4.74 Å². The van der Waals surface area contributed by atoms with Gasteiger partial charge in [-0.15, -0.1) is 0 Å². The Hall–Kier alpha value is -0.980. The maximum atomic E-state index is 5.88. The van der Waals surface area contributed by atoms with E-state index in [1.165, 1.54) is 24.0 Å². The van der Waals surface area contributed by atoms with Crippen LogP contribution in [0.3, 0.4) is 0 Å².